The number of carboxylic acids is 1. The van der Waals surface area contributed by atoms with Crippen molar-refractivity contribution in [3.05, 3.63) is 0 Å². The number of carbonyl (C=O) groups is 2. The maximum atomic E-state index is 10.1. The molecule has 4 heteroatoms. The number of Topliss-reactive ketones (excluding diaryl/α,β-unsaturated/α-hetero) is 1. The minimum Gasteiger partial charge on any atom is -0.548 e. The number of hydrogen-bond donors (Lipinski definition) is 0. The number of carbonyl (C=O) groups excluding carboxylic acids is 2. The summed E-state index contributed by atoms with van der Waals surface area (Å²) in [7, 11) is 0. The van der Waals surface area contributed by atoms with Gasteiger partial charge in [-0.3, -0.25) is 4.79 Å². The third-order valence-corrected chi connectivity index (χ3v) is 0.525. The van der Waals surface area contributed by atoms with Crippen LogP contribution in [0, 0.1) is 0 Å². The highest BCUT2D eigenvalue weighted by Gasteiger charge is 1.91. The van der Waals surface area contributed by atoms with Crippen LogP contribution in [0.25, 0.3) is 0 Å². The molecule has 0 N–H and O–H groups in total. The third-order valence-electron chi connectivity index (χ3n) is 0.525. The van der Waals surface area contributed by atoms with Gasteiger partial charge >= 0.3 is 0 Å². The Labute approximate surface area is 52.4 Å². The highest BCUT2D eigenvalue weighted by atomic mass is 16.5. The largest absolute Gasteiger partial charge is 0.548 e. The van der Waals surface area contributed by atoms with Crippen LogP contribution in [0.2, 0.25) is 0 Å². The van der Waals surface area contributed by atoms with Crippen LogP contribution in [0.4, 0.5) is 0 Å². The molecule has 0 radical (unpaired) electrons. The van der Waals surface area contributed by atoms with Gasteiger partial charge in [0.05, 0.1) is 12.6 Å². The van der Waals surface area contributed by atoms with Gasteiger partial charge in [-0.1, -0.05) is 0 Å². The molecule has 0 aliphatic heterocycles. The van der Waals surface area contributed by atoms with Crippen LogP contribution in [0.15, 0.2) is 0 Å². The van der Waals surface area contributed by atoms with Crippen LogP contribution in [0.1, 0.15) is 6.92 Å². The van der Waals surface area contributed by atoms with Crippen molar-refractivity contribution in [2.45, 2.75) is 6.92 Å². The van der Waals surface area contributed by atoms with Crippen molar-refractivity contribution >= 4 is 11.8 Å². The van der Waals surface area contributed by atoms with Crippen molar-refractivity contribution in [2.75, 3.05) is 13.2 Å². The molecule has 0 spiro atoms. The van der Waals surface area contributed by atoms with E-state index in [-0.39, 0.29) is 12.4 Å². The minimum absolute atomic E-state index is 0.159. The molecule has 0 bridgehead atoms. The van der Waals surface area contributed by atoms with E-state index >= 15 is 0 Å². The Hall–Kier alpha value is -0.900. The molecule has 0 aliphatic rings. The van der Waals surface area contributed by atoms with Crippen LogP contribution in [-0.4, -0.2) is 25.0 Å². The van der Waals surface area contributed by atoms with E-state index in [1.54, 1.807) is 0 Å². The van der Waals surface area contributed by atoms with Crippen LogP contribution >= 0.6 is 0 Å². The van der Waals surface area contributed by atoms with Gasteiger partial charge in [0.2, 0.25) is 0 Å². The maximum absolute atomic E-state index is 10.1. The number of carboxylic acid groups (broad SMARTS) is 1. The molecule has 0 fully saturated rings. The molecule has 0 atom stereocenters. The number of aliphatic carboxylic acids is 1. The standard InChI is InChI=1S/C5H8O4/c1-4(6)2-9-3-5(7)8/h2-3H2,1H3,(H,7,8)/p-1. The van der Waals surface area contributed by atoms with Crippen molar-refractivity contribution in [2.24, 2.45) is 0 Å². The second-order valence-corrected chi connectivity index (χ2v) is 1.57. The van der Waals surface area contributed by atoms with Gasteiger partial charge in [-0.2, -0.15) is 0 Å². The highest BCUT2D eigenvalue weighted by Crippen LogP contribution is 1.73. The van der Waals surface area contributed by atoms with E-state index < -0.39 is 12.6 Å². The van der Waals surface area contributed by atoms with Crippen LogP contribution in [0.3, 0.4) is 0 Å². The average Bonchev–Trinajstić information content (AvgIpc) is 1.63. The van der Waals surface area contributed by atoms with Gasteiger partial charge in [-0.15, -0.1) is 0 Å². The van der Waals surface area contributed by atoms with Crippen molar-refractivity contribution in [3.8, 4) is 0 Å². The summed E-state index contributed by atoms with van der Waals surface area (Å²) in [5.74, 6) is -1.51. The lowest BCUT2D eigenvalue weighted by Crippen LogP contribution is -2.28. The number of ether oxygens (including phenoxy) is 1. The topological polar surface area (TPSA) is 66.4 Å². The van der Waals surface area contributed by atoms with Gasteiger partial charge in [0.25, 0.3) is 0 Å². The fourth-order valence-corrected chi connectivity index (χ4v) is 0.278. The Bertz CT molecular complexity index is 104. The molecule has 0 aliphatic carbocycles. The normalized spacial score (nSPS) is 9.00. The predicted octanol–water partition coefficient (Wildman–Crippen LogP) is -1.66. The number of rotatable bonds is 4. The third kappa shape index (κ3) is 7.10. The number of ketones is 1. The molecule has 9 heavy (non-hydrogen) atoms. The average molecular weight is 131 g/mol. The first-order valence-corrected chi connectivity index (χ1v) is 2.40. The molecule has 52 valence electrons. The molecule has 0 saturated heterocycles. The molecule has 0 aromatic heterocycles. The minimum atomic E-state index is -1.31. The molecule has 0 aromatic rings. The van der Waals surface area contributed by atoms with Gasteiger partial charge in [0.1, 0.15) is 6.61 Å². The smallest absolute Gasteiger partial charge is 0.155 e. The first-order chi connectivity index (χ1) is 4.13. The Morgan fingerprint density at radius 1 is 1.44 bits per heavy atom. The molecule has 0 heterocycles. The fraction of sp³-hybridized carbons (Fsp3) is 0.600. The van der Waals surface area contributed by atoms with E-state index in [4.69, 9.17) is 0 Å². The maximum Gasteiger partial charge on any atom is 0.155 e. The predicted molar refractivity (Wildman–Crippen MR) is 26.5 cm³/mol. The second kappa shape index (κ2) is 4.03. The first-order valence-electron chi connectivity index (χ1n) is 2.40. The lowest BCUT2D eigenvalue weighted by molar-refractivity contribution is -0.309. The molecular formula is C5H7O4-. The molecule has 0 rings (SSSR count). The van der Waals surface area contributed by atoms with Crippen molar-refractivity contribution in [3.63, 3.8) is 0 Å². The fourth-order valence-electron chi connectivity index (χ4n) is 0.278. The lowest BCUT2D eigenvalue weighted by atomic mass is 10.5. The van der Waals surface area contributed by atoms with Crippen LogP contribution < -0.4 is 5.11 Å². The summed E-state index contributed by atoms with van der Waals surface area (Å²) in [6.07, 6.45) is 0. The summed E-state index contributed by atoms with van der Waals surface area (Å²) in [6, 6.07) is 0. The van der Waals surface area contributed by atoms with Gasteiger partial charge in [0.15, 0.2) is 5.78 Å². The summed E-state index contributed by atoms with van der Waals surface area (Å²) in [6.45, 7) is 0.642. The van der Waals surface area contributed by atoms with Crippen LogP contribution in [0.5, 0.6) is 0 Å². The Morgan fingerprint density at radius 2 is 2.00 bits per heavy atom. The quantitative estimate of drug-likeness (QED) is 0.458. The summed E-state index contributed by atoms with van der Waals surface area (Å²) >= 11 is 0. The van der Waals surface area contributed by atoms with Gasteiger partial charge in [-0.25, -0.2) is 0 Å². The second-order valence-electron chi connectivity index (χ2n) is 1.57. The van der Waals surface area contributed by atoms with E-state index in [2.05, 4.69) is 4.74 Å². The molecular weight excluding hydrogens is 124 g/mol. The van der Waals surface area contributed by atoms with E-state index in [9.17, 15) is 14.7 Å². The van der Waals surface area contributed by atoms with Crippen molar-refractivity contribution in [1.29, 1.82) is 0 Å². The summed E-state index contributed by atoms with van der Waals surface area (Å²) < 4.78 is 4.34. The van der Waals surface area contributed by atoms with E-state index in [0.29, 0.717) is 0 Å². The van der Waals surface area contributed by atoms with Crippen molar-refractivity contribution in [1.82, 2.24) is 0 Å². The Kier molecular flexibility index (Phi) is 3.62. The molecule has 0 saturated carbocycles. The SMILES string of the molecule is CC(=O)COCC(=O)[O-]. The zero-order chi connectivity index (χ0) is 7.28. The first kappa shape index (κ1) is 8.10. The van der Waals surface area contributed by atoms with E-state index in [1.165, 1.54) is 6.92 Å². The summed E-state index contributed by atoms with van der Waals surface area (Å²) in [5.41, 5.74) is 0. The Morgan fingerprint density at radius 3 is 2.33 bits per heavy atom. The zero-order valence-electron chi connectivity index (χ0n) is 5.05. The molecule has 0 aromatic carbocycles. The van der Waals surface area contributed by atoms with Crippen molar-refractivity contribution < 1.29 is 19.4 Å². The zero-order valence-corrected chi connectivity index (χ0v) is 5.05. The van der Waals surface area contributed by atoms with Gasteiger partial charge in [0, 0.05) is 0 Å². The van der Waals surface area contributed by atoms with Crippen LogP contribution in [-0.2, 0) is 14.3 Å². The highest BCUT2D eigenvalue weighted by molar-refractivity contribution is 5.77. The van der Waals surface area contributed by atoms with E-state index in [0.717, 1.165) is 0 Å². The number of hydrogen-bond acceptors (Lipinski definition) is 4. The monoisotopic (exact) mass is 131 g/mol. The molecule has 0 amide bonds. The molecule has 0 unspecified atom stereocenters. The summed E-state index contributed by atoms with van der Waals surface area (Å²) in [4.78, 5) is 19.7. The van der Waals surface area contributed by atoms with Gasteiger partial charge < -0.3 is 14.6 Å². The lowest BCUT2D eigenvalue weighted by Gasteiger charge is -2.00. The molecule has 4 nitrogen and oxygen atoms in total. The van der Waals surface area contributed by atoms with Gasteiger partial charge in [-0.05, 0) is 6.92 Å². The Balaban J connectivity index is 3.10. The van der Waals surface area contributed by atoms with E-state index in [1.807, 2.05) is 0 Å². The summed E-state index contributed by atoms with van der Waals surface area (Å²) in [5, 5.41) is 9.63.